The van der Waals surface area contributed by atoms with Crippen molar-refractivity contribution in [1.82, 2.24) is 14.3 Å². The maximum absolute atomic E-state index is 14.2. The maximum Gasteiger partial charge on any atom is 0.269 e. The number of carbonyl (C=O) groups is 1. The Bertz CT molecular complexity index is 1270. The molecule has 1 aliphatic heterocycles. The van der Waals surface area contributed by atoms with E-state index in [9.17, 15) is 14.0 Å². The van der Waals surface area contributed by atoms with Crippen LogP contribution in [0.15, 0.2) is 58.4 Å². The van der Waals surface area contributed by atoms with Crippen LogP contribution in [0.1, 0.15) is 5.56 Å². The third-order valence-electron chi connectivity index (χ3n) is 4.45. The van der Waals surface area contributed by atoms with Crippen molar-refractivity contribution in [3.8, 4) is 11.6 Å². The van der Waals surface area contributed by atoms with Crippen LogP contribution in [0, 0.1) is 5.82 Å². The first-order valence-corrected chi connectivity index (χ1v) is 10.4. The number of halogens is 1. The summed E-state index contributed by atoms with van der Waals surface area (Å²) in [6.07, 6.45) is 2.94. The van der Waals surface area contributed by atoms with Crippen molar-refractivity contribution in [2.75, 3.05) is 20.3 Å². The fourth-order valence-corrected chi connectivity index (χ4v) is 4.21. The summed E-state index contributed by atoms with van der Waals surface area (Å²) in [5.41, 5.74) is -0.123. The van der Waals surface area contributed by atoms with Crippen molar-refractivity contribution in [3.05, 3.63) is 75.3 Å². The van der Waals surface area contributed by atoms with Crippen molar-refractivity contribution in [3.63, 3.8) is 0 Å². The van der Waals surface area contributed by atoms with Crippen LogP contribution in [0.2, 0.25) is 0 Å². The van der Waals surface area contributed by atoms with Crippen LogP contribution in [-0.4, -0.2) is 44.8 Å². The predicted molar refractivity (Wildman–Crippen MR) is 120 cm³/mol. The lowest BCUT2D eigenvalue weighted by molar-refractivity contribution is -0.122. The number of amides is 1. The molecule has 158 valence electrons. The van der Waals surface area contributed by atoms with Gasteiger partial charge >= 0.3 is 0 Å². The van der Waals surface area contributed by atoms with E-state index in [0.29, 0.717) is 23.1 Å². The number of rotatable bonds is 6. The molecule has 1 saturated heterocycles. The van der Waals surface area contributed by atoms with E-state index in [0.717, 1.165) is 11.8 Å². The molecule has 0 atom stereocenters. The number of benzene rings is 1. The lowest BCUT2D eigenvalue weighted by Gasteiger charge is -2.13. The fraction of sp³-hybridized carbons (Fsp3) is 0.143. The zero-order chi connectivity index (χ0) is 22.0. The van der Waals surface area contributed by atoms with Gasteiger partial charge in [-0.25, -0.2) is 4.39 Å². The van der Waals surface area contributed by atoms with Gasteiger partial charge in [0.15, 0.2) is 11.6 Å². The Morgan fingerprint density at radius 2 is 1.97 bits per heavy atom. The summed E-state index contributed by atoms with van der Waals surface area (Å²) in [6.45, 7) is 0.619. The van der Waals surface area contributed by atoms with Crippen LogP contribution in [-0.2, 0) is 9.53 Å². The first-order valence-electron chi connectivity index (χ1n) is 9.17. The van der Waals surface area contributed by atoms with E-state index in [1.54, 1.807) is 30.5 Å². The second kappa shape index (κ2) is 8.96. The van der Waals surface area contributed by atoms with Crippen molar-refractivity contribution in [2.24, 2.45) is 0 Å². The van der Waals surface area contributed by atoms with Gasteiger partial charge in [-0.05, 0) is 30.3 Å². The summed E-state index contributed by atoms with van der Waals surface area (Å²) in [6, 6.07) is 10.8. The summed E-state index contributed by atoms with van der Waals surface area (Å²) in [5.74, 6) is -1.14. The molecule has 3 heterocycles. The van der Waals surface area contributed by atoms with Crippen LogP contribution in [0.25, 0.3) is 11.7 Å². The molecule has 7 nitrogen and oxygen atoms in total. The molecule has 4 rings (SSSR count). The number of para-hydroxylation sites is 1. The van der Waals surface area contributed by atoms with Gasteiger partial charge in [0, 0.05) is 13.3 Å². The topological polar surface area (TPSA) is 73.1 Å². The standard InChI is InChI=1S/C21H16FN3O4S2/c1-28-11-10-25-20(27)16(31-21(25)30)12-13-18(29-15-7-3-2-6-14(15)22)23-17-8-4-5-9-24(17)19(13)26/h2-9,12H,10-11H2,1H3. The Labute approximate surface area is 186 Å². The monoisotopic (exact) mass is 457 g/mol. The SMILES string of the molecule is COCCN1C(=O)C(=Cc2c(Oc3ccccc3F)nc3ccccn3c2=O)SC1=S. The lowest BCUT2D eigenvalue weighted by Crippen LogP contribution is -2.31. The van der Waals surface area contributed by atoms with E-state index in [1.807, 2.05) is 0 Å². The van der Waals surface area contributed by atoms with Crippen LogP contribution in [0.4, 0.5) is 4.39 Å². The first kappa shape index (κ1) is 21.2. The fourth-order valence-electron chi connectivity index (χ4n) is 2.92. The van der Waals surface area contributed by atoms with Crippen molar-refractivity contribution in [2.45, 2.75) is 0 Å². The highest BCUT2D eigenvalue weighted by atomic mass is 32.2. The number of nitrogens with zero attached hydrogens (tertiary/aromatic N) is 3. The molecule has 0 saturated carbocycles. The molecule has 0 spiro atoms. The summed E-state index contributed by atoms with van der Waals surface area (Å²) >= 11 is 6.35. The van der Waals surface area contributed by atoms with Crippen LogP contribution < -0.4 is 10.3 Å². The van der Waals surface area contributed by atoms with E-state index >= 15 is 0 Å². The van der Waals surface area contributed by atoms with Gasteiger partial charge in [-0.1, -0.05) is 42.2 Å². The Kier molecular flexibility index (Phi) is 6.12. The van der Waals surface area contributed by atoms with E-state index in [2.05, 4.69) is 4.98 Å². The molecule has 0 aliphatic carbocycles. The molecule has 0 unspecified atom stereocenters. The van der Waals surface area contributed by atoms with Gasteiger partial charge in [0.25, 0.3) is 11.5 Å². The molecule has 1 fully saturated rings. The molecule has 1 aromatic carbocycles. The molecular formula is C21H16FN3O4S2. The number of hydrogen-bond acceptors (Lipinski definition) is 7. The van der Waals surface area contributed by atoms with E-state index in [1.165, 1.54) is 40.7 Å². The summed E-state index contributed by atoms with van der Waals surface area (Å²) in [5, 5.41) is 0. The van der Waals surface area contributed by atoms with Crippen LogP contribution in [0.5, 0.6) is 11.6 Å². The van der Waals surface area contributed by atoms with Crippen LogP contribution >= 0.6 is 24.0 Å². The third-order valence-corrected chi connectivity index (χ3v) is 5.82. The van der Waals surface area contributed by atoms with Gasteiger partial charge in [0.1, 0.15) is 15.5 Å². The van der Waals surface area contributed by atoms with Gasteiger partial charge in [-0.15, -0.1) is 0 Å². The number of ether oxygens (including phenoxy) is 2. The molecule has 0 N–H and O–H groups in total. The number of fused-ring (bicyclic) bond motifs is 1. The summed E-state index contributed by atoms with van der Waals surface area (Å²) < 4.78 is 26.5. The zero-order valence-electron chi connectivity index (χ0n) is 16.3. The minimum absolute atomic E-state index is 0.0131. The van der Waals surface area contributed by atoms with Crippen molar-refractivity contribution < 1.29 is 18.7 Å². The number of thiocarbonyl (C=S) groups is 1. The highest BCUT2D eigenvalue weighted by Gasteiger charge is 2.32. The Hall–Kier alpha value is -3.08. The minimum atomic E-state index is -0.602. The Balaban J connectivity index is 1.83. The normalized spacial score (nSPS) is 15.3. The largest absolute Gasteiger partial charge is 0.435 e. The molecule has 0 radical (unpaired) electrons. The molecule has 0 bridgehead atoms. The predicted octanol–water partition coefficient (Wildman–Crippen LogP) is 3.47. The molecule has 2 aromatic heterocycles. The van der Waals surface area contributed by atoms with E-state index < -0.39 is 11.4 Å². The molecule has 1 aliphatic rings. The quantitative estimate of drug-likeness (QED) is 0.415. The van der Waals surface area contributed by atoms with E-state index in [4.69, 9.17) is 21.7 Å². The first-order chi connectivity index (χ1) is 15.0. The summed E-state index contributed by atoms with van der Waals surface area (Å²) in [4.78, 5) is 32.0. The number of carbonyl (C=O) groups excluding carboxylic acids is 1. The van der Waals surface area contributed by atoms with Gasteiger partial charge in [0.2, 0.25) is 5.88 Å². The average molecular weight is 458 g/mol. The molecule has 10 heteroatoms. The second-order valence-electron chi connectivity index (χ2n) is 6.42. The molecule has 3 aromatic rings. The second-order valence-corrected chi connectivity index (χ2v) is 8.10. The highest BCUT2D eigenvalue weighted by molar-refractivity contribution is 8.26. The van der Waals surface area contributed by atoms with Gasteiger partial charge in [0.05, 0.1) is 18.1 Å². The summed E-state index contributed by atoms with van der Waals surface area (Å²) in [7, 11) is 1.53. The zero-order valence-corrected chi connectivity index (χ0v) is 17.9. The van der Waals surface area contributed by atoms with Gasteiger partial charge < -0.3 is 9.47 Å². The molecule has 1 amide bonds. The number of aromatic nitrogens is 2. The highest BCUT2D eigenvalue weighted by Crippen LogP contribution is 2.34. The van der Waals surface area contributed by atoms with Crippen molar-refractivity contribution >= 4 is 45.9 Å². The number of pyridine rings is 1. The van der Waals surface area contributed by atoms with Gasteiger partial charge in [-0.2, -0.15) is 4.98 Å². The number of methoxy groups -OCH3 is 1. The van der Waals surface area contributed by atoms with Crippen molar-refractivity contribution in [1.29, 1.82) is 0 Å². The number of thioether (sulfide) groups is 1. The molecule has 31 heavy (non-hydrogen) atoms. The lowest BCUT2D eigenvalue weighted by atomic mass is 10.2. The maximum atomic E-state index is 14.2. The Morgan fingerprint density at radius 1 is 1.19 bits per heavy atom. The van der Waals surface area contributed by atoms with Crippen LogP contribution in [0.3, 0.4) is 0 Å². The average Bonchev–Trinajstić information content (AvgIpc) is 3.03. The number of hydrogen-bond donors (Lipinski definition) is 0. The molecular weight excluding hydrogens is 441 g/mol. The van der Waals surface area contributed by atoms with Gasteiger partial charge in [-0.3, -0.25) is 18.9 Å². The Morgan fingerprint density at radius 3 is 2.74 bits per heavy atom. The minimum Gasteiger partial charge on any atom is -0.435 e. The third kappa shape index (κ3) is 4.22. The smallest absolute Gasteiger partial charge is 0.269 e. The van der Waals surface area contributed by atoms with E-state index in [-0.39, 0.29) is 28.0 Å².